The molecule has 0 radical (unpaired) electrons. The van der Waals surface area contributed by atoms with Crippen molar-refractivity contribution in [1.29, 1.82) is 0 Å². The van der Waals surface area contributed by atoms with Crippen molar-refractivity contribution in [2.24, 2.45) is 0 Å². The van der Waals surface area contributed by atoms with Crippen molar-refractivity contribution in [1.82, 2.24) is 4.90 Å². The number of phenols is 1. The highest BCUT2D eigenvalue weighted by atomic mass is 19.1. The molecule has 0 saturated carbocycles. The second kappa shape index (κ2) is 8.09. The van der Waals surface area contributed by atoms with E-state index in [0.717, 1.165) is 21.9 Å². The van der Waals surface area contributed by atoms with E-state index in [4.69, 9.17) is 4.74 Å². The van der Waals surface area contributed by atoms with E-state index in [-0.39, 0.29) is 30.1 Å². The van der Waals surface area contributed by atoms with E-state index < -0.39 is 6.09 Å². The zero-order chi connectivity index (χ0) is 20.4. The van der Waals surface area contributed by atoms with Gasteiger partial charge in [0.2, 0.25) is 0 Å². The number of rotatable bonds is 4. The number of aromatic hydroxyl groups is 1. The van der Waals surface area contributed by atoms with Crippen LogP contribution in [0.5, 0.6) is 5.75 Å². The summed E-state index contributed by atoms with van der Waals surface area (Å²) in [6.07, 6.45) is -0.696. The largest absolute Gasteiger partial charge is 0.507 e. The molecule has 1 saturated heterocycles. The van der Waals surface area contributed by atoms with Gasteiger partial charge in [-0.15, -0.1) is 0 Å². The van der Waals surface area contributed by atoms with Crippen molar-refractivity contribution < 1.29 is 24.1 Å². The third kappa shape index (κ3) is 4.17. The molecule has 3 aromatic rings. The normalized spacial score (nSPS) is 19.4. The second-order valence-electron chi connectivity index (χ2n) is 7.36. The molecule has 1 amide bonds. The zero-order valence-corrected chi connectivity index (χ0v) is 15.8. The van der Waals surface area contributed by atoms with E-state index in [1.807, 2.05) is 24.3 Å². The number of piperidine rings is 1. The Morgan fingerprint density at radius 1 is 1.14 bits per heavy atom. The fourth-order valence-corrected chi connectivity index (χ4v) is 3.95. The Balaban J connectivity index is 1.54. The number of hydrogen-bond acceptors (Lipinski definition) is 3. The Morgan fingerprint density at radius 3 is 2.69 bits per heavy atom. The predicted octanol–water partition coefficient (Wildman–Crippen LogP) is 4.74. The summed E-state index contributed by atoms with van der Waals surface area (Å²) < 4.78 is 19.5. The SMILES string of the molecule is O=C(O)N1CCC(c2ccc(F)cc2)C(OCc2ccc3cccc(O)c3c2)C1. The van der Waals surface area contributed by atoms with Crippen molar-refractivity contribution in [3.63, 3.8) is 0 Å². The van der Waals surface area contributed by atoms with Gasteiger partial charge in [-0.1, -0.05) is 36.4 Å². The van der Waals surface area contributed by atoms with Crippen LogP contribution >= 0.6 is 0 Å². The summed E-state index contributed by atoms with van der Waals surface area (Å²) in [5.41, 5.74) is 1.84. The zero-order valence-electron chi connectivity index (χ0n) is 15.8. The molecule has 1 aliphatic heterocycles. The van der Waals surface area contributed by atoms with E-state index in [9.17, 15) is 19.4 Å². The topological polar surface area (TPSA) is 70.0 Å². The molecule has 29 heavy (non-hydrogen) atoms. The molecule has 2 N–H and O–H groups in total. The van der Waals surface area contributed by atoms with Gasteiger partial charge in [-0.05, 0) is 47.2 Å². The number of amides is 1. The molecule has 4 rings (SSSR count). The Kier molecular flexibility index (Phi) is 5.36. The number of benzene rings is 3. The quantitative estimate of drug-likeness (QED) is 0.670. The monoisotopic (exact) mass is 395 g/mol. The van der Waals surface area contributed by atoms with Crippen LogP contribution in [0.25, 0.3) is 10.8 Å². The van der Waals surface area contributed by atoms with Crippen LogP contribution in [0.4, 0.5) is 9.18 Å². The van der Waals surface area contributed by atoms with Crippen molar-refractivity contribution in [3.8, 4) is 5.75 Å². The Morgan fingerprint density at radius 2 is 1.93 bits per heavy atom. The maximum atomic E-state index is 13.3. The van der Waals surface area contributed by atoms with Gasteiger partial charge in [0, 0.05) is 17.8 Å². The van der Waals surface area contributed by atoms with Crippen molar-refractivity contribution >= 4 is 16.9 Å². The minimum absolute atomic E-state index is 0.0138. The van der Waals surface area contributed by atoms with Crippen LogP contribution in [-0.4, -0.2) is 40.4 Å². The number of ether oxygens (including phenoxy) is 1. The van der Waals surface area contributed by atoms with Crippen LogP contribution in [0.3, 0.4) is 0 Å². The summed E-state index contributed by atoms with van der Waals surface area (Å²) in [6.45, 7) is 0.970. The highest BCUT2D eigenvalue weighted by Crippen LogP contribution is 2.32. The molecule has 2 unspecified atom stereocenters. The van der Waals surface area contributed by atoms with Gasteiger partial charge in [-0.2, -0.15) is 0 Å². The number of fused-ring (bicyclic) bond motifs is 1. The lowest BCUT2D eigenvalue weighted by molar-refractivity contribution is -0.0199. The Labute approximate surface area is 168 Å². The van der Waals surface area contributed by atoms with Crippen molar-refractivity contribution in [3.05, 3.63) is 77.6 Å². The fraction of sp³-hybridized carbons (Fsp3) is 0.261. The molecule has 1 aliphatic rings. The molecule has 0 aromatic heterocycles. The molecule has 5 nitrogen and oxygen atoms in total. The Hall–Kier alpha value is -3.12. The number of nitrogens with zero attached hydrogens (tertiary/aromatic N) is 1. The summed E-state index contributed by atoms with van der Waals surface area (Å²) in [4.78, 5) is 12.8. The fourth-order valence-electron chi connectivity index (χ4n) is 3.95. The molecule has 0 aliphatic carbocycles. The summed E-state index contributed by atoms with van der Waals surface area (Å²) in [5, 5.41) is 21.1. The lowest BCUT2D eigenvalue weighted by Crippen LogP contribution is -2.46. The summed E-state index contributed by atoms with van der Waals surface area (Å²) >= 11 is 0. The smallest absolute Gasteiger partial charge is 0.407 e. The number of phenolic OH excluding ortho intramolecular Hbond substituents is 1. The van der Waals surface area contributed by atoms with Crippen LogP contribution in [0, 0.1) is 5.82 Å². The van der Waals surface area contributed by atoms with E-state index in [0.29, 0.717) is 19.6 Å². The third-order valence-corrected chi connectivity index (χ3v) is 5.52. The highest BCUT2D eigenvalue weighted by Gasteiger charge is 2.33. The van der Waals surface area contributed by atoms with Gasteiger partial charge in [0.15, 0.2) is 0 Å². The number of carbonyl (C=O) groups is 1. The number of carboxylic acid groups (broad SMARTS) is 1. The van der Waals surface area contributed by atoms with Crippen LogP contribution in [0.1, 0.15) is 23.5 Å². The maximum absolute atomic E-state index is 13.3. The number of hydrogen-bond donors (Lipinski definition) is 2. The average molecular weight is 395 g/mol. The molecule has 1 fully saturated rings. The lowest BCUT2D eigenvalue weighted by atomic mass is 9.87. The van der Waals surface area contributed by atoms with Crippen molar-refractivity contribution in [2.45, 2.75) is 25.0 Å². The first kappa shape index (κ1) is 19.2. The average Bonchev–Trinajstić information content (AvgIpc) is 2.73. The minimum atomic E-state index is -0.966. The van der Waals surface area contributed by atoms with Gasteiger partial charge >= 0.3 is 6.09 Å². The molecule has 0 bridgehead atoms. The molecule has 2 atom stereocenters. The van der Waals surface area contributed by atoms with Crippen LogP contribution in [-0.2, 0) is 11.3 Å². The van der Waals surface area contributed by atoms with Gasteiger partial charge in [-0.25, -0.2) is 9.18 Å². The first-order valence-corrected chi connectivity index (χ1v) is 9.57. The molecule has 150 valence electrons. The molecule has 3 aromatic carbocycles. The van der Waals surface area contributed by atoms with Crippen LogP contribution in [0.2, 0.25) is 0 Å². The van der Waals surface area contributed by atoms with Gasteiger partial charge in [0.25, 0.3) is 0 Å². The van der Waals surface area contributed by atoms with E-state index in [2.05, 4.69) is 0 Å². The van der Waals surface area contributed by atoms with Gasteiger partial charge < -0.3 is 19.8 Å². The molecule has 1 heterocycles. The van der Waals surface area contributed by atoms with E-state index >= 15 is 0 Å². The van der Waals surface area contributed by atoms with Gasteiger partial charge in [0.1, 0.15) is 11.6 Å². The van der Waals surface area contributed by atoms with Crippen molar-refractivity contribution in [2.75, 3.05) is 13.1 Å². The summed E-state index contributed by atoms with van der Waals surface area (Å²) in [6, 6.07) is 17.4. The molecule has 6 heteroatoms. The summed E-state index contributed by atoms with van der Waals surface area (Å²) in [5.74, 6) is -0.103. The third-order valence-electron chi connectivity index (χ3n) is 5.52. The van der Waals surface area contributed by atoms with Crippen LogP contribution in [0.15, 0.2) is 60.7 Å². The second-order valence-corrected chi connectivity index (χ2v) is 7.36. The van der Waals surface area contributed by atoms with E-state index in [1.54, 1.807) is 24.3 Å². The molecular formula is C23H22FNO4. The lowest BCUT2D eigenvalue weighted by Gasteiger charge is -2.37. The Bertz CT molecular complexity index is 1020. The maximum Gasteiger partial charge on any atom is 0.407 e. The summed E-state index contributed by atoms with van der Waals surface area (Å²) in [7, 11) is 0. The number of likely N-dealkylation sites (tertiary alicyclic amines) is 1. The highest BCUT2D eigenvalue weighted by molar-refractivity contribution is 5.88. The molecule has 0 spiro atoms. The van der Waals surface area contributed by atoms with Crippen LogP contribution < -0.4 is 0 Å². The van der Waals surface area contributed by atoms with Gasteiger partial charge in [-0.3, -0.25) is 0 Å². The standard InChI is InChI=1S/C23H22FNO4/c24-18-8-6-17(7-9-18)19-10-11-25(23(27)28)13-22(19)29-14-15-4-5-16-2-1-3-21(26)20(16)12-15/h1-9,12,19,22,26H,10-11,13-14H2,(H,27,28). The predicted molar refractivity (Wildman–Crippen MR) is 108 cm³/mol. The number of halogens is 1. The first-order chi connectivity index (χ1) is 14.0. The molecular weight excluding hydrogens is 373 g/mol. The van der Waals surface area contributed by atoms with Gasteiger partial charge in [0.05, 0.1) is 19.3 Å². The first-order valence-electron chi connectivity index (χ1n) is 9.57. The minimum Gasteiger partial charge on any atom is -0.507 e. The van der Waals surface area contributed by atoms with E-state index in [1.165, 1.54) is 17.0 Å².